The Bertz CT molecular complexity index is 685. The van der Waals surface area contributed by atoms with Gasteiger partial charge in [-0.05, 0) is 73.0 Å². The van der Waals surface area contributed by atoms with Crippen molar-refractivity contribution in [2.24, 2.45) is 16.7 Å². The maximum Gasteiger partial charge on any atom is 0.323 e. The molecule has 0 radical (unpaired) electrons. The highest BCUT2D eigenvalue weighted by Gasteiger charge is 2.59. The predicted molar refractivity (Wildman–Crippen MR) is 89.0 cm³/mol. The lowest BCUT2D eigenvalue weighted by Crippen LogP contribution is -2.39. The average molecular weight is 328 g/mol. The summed E-state index contributed by atoms with van der Waals surface area (Å²) in [6, 6.07) is 0. The standard InChI is InChI=1S/C20H24O4/c1-4-15-16(12-5-6-12)14-11-20(17(21)23-2,18(22)24-3)10-13(14)9-19(15)7-8-19/h4,12H,1,5-11H2,2-3H3. The van der Waals surface area contributed by atoms with Crippen LogP contribution in [0.5, 0.6) is 0 Å². The number of rotatable bonds is 4. The predicted octanol–water partition coefficient (Wildman–Crippen LogP) is 3.49. The fourth-order valence-corrected chi connectivity index (χ4v) is 4.89. The molecule has 4 rings (SSSR count). The van der Waals surface area contributed by atoms with E-state index in [0.717, 1.165) is 6.42 Å². The summed E-state index contributed by atoms with van der Waals surface area (Å²) in [7, 11) is 2.69. The number of hydrogen-bond donors (Lipinski definition) is 0. The molecule has 24 heavy (non-hydrogen) atoms. The van der Waals surface area contributed by atoms with Gasteiger partial charge in [-0.25, -0.2) is 0 Å². The highest BCUT2D eigenvalue weighted by atomic mass is 16.5. The fourth-order valence-electron chi connectivity index (χ4n) is 4.89. The van der Waals surface area contributed by atoms with Crippen LogP contribution in [-0.2, 0) is 19.1 Å². The number of methoxy groups -OCH3 is 2. The second-order valence-electron chi connectivity index (χ2n) is 7.76. The summed E-state index contributed by atoms with van der Waals surface area (Å²) in [6.07, 6.45) is 8.61. The molecular weight excluding hydrogens is 304 g/mol. The molecule has 0 heterocycles. The summed E-state index contributed by atoms with van der Waals surface area (Å²) in [4.78, 5) is 25.0. The van der Waals surface area contributed by atoms with Gasteiger partial charge in [-0.15, -0.1) is 0 Å². The van der Waals surface area contributed by atoms with Gasteiger partial charge in [0, 0.05) is 0 Å². The van der Waals surface area contributed by atoms with Crippen LogP contribution in [-0.4, -0.2) is 26.2 Å². The van der Waals surface area contributed by atoms with Crippen molar-refractivity contribution in [3.8, 4) is 0 Å². The topological polar surface area (TPSA) is 52.6 Å². The molecule has 4 aliphatic rings. The molecule has 0 aliphatic heterocycles. The van der Waals surface area contributed by atoms with Gasteiger partial charge >= 0.3 is 11.9 Å². The Balaban J connectivity index is 1.79. The molecule has 4 aliphatic carbocycles. The molecule has 0 bridgehead atoms. The van der Waals surface area contributed by atoms with Gasteiger partial charge in [0.2, 0.25) is 0 Å². The summed E-state index contributed by atoms with van der Waals surface area (Å²) >= 11 is 0. The zero-order chi connectivity index (χ0) is 17.1. The Hall–Kier alpha value is -1.84. The van der Waals surface area contributed by atoms with E-state index in [1.807, 2.05) is 6.08 Å². The van der Waals surface area contributed by atoms with E-state index in [0.29, 0.717) is 18.8 Å². The molecule has 0 saturated heterocycles. The summed E-state index contributed by atoms with van der Waals surface area (Å²) < 4.78 is 9.99. The Kier molecular flexibility index (Phi) is 3.32. The number of esters is 2. The summed E-state index contributed by atoms with van der Waals surface area (Å²) in [5.74, 6) is -0.361. The van der Waals surface area contributed by atoms with Crippen molar-refractivity contribution >= 4 is 11.9 Å². The van der Waals surface area contributed by atoms with Gasteiger partial charge in [0.15, 0.2) is 5.41 Å². The summed E-state index contributed by atoms with van der Waals surface area (Å²) in [5.41, 5.74) is 4.30. The van der Waals surface area contributed by atoms with Crippen molar-refractivity contribution in [3.63, 3.8) is 0 Å². The molecule has 4 nitrogen and oxygen atoms in total. The Morgan fingerprint density at radius 1 is 1.08 bits per heavy atom. The number of hydrogen-bond acceptors (Lipinski definition) is 4. The van der Waals surface area contributed by atoms with Crippen molar-refractivity contribution in [1.29, 1.82) is 0 Å². The molecule has 0 aromatic heterocycles. The van der Waals surface area contributed by atoms with Crippen molar-refractivity contribution < 1.29 is 19.1 Å². The molecule has 1 spiro atoms. The van der Waals surface area contributed by atoms with Crippen LogP contribution < -0.4 is 0 Å². The van der Waals surface area contributed by atoms with Crippen LogP contribution in [0, 0.1) is 16.7 Å². The molecule has 0 aromatic carbocycles. The maximum absolute atomic E-state index is 12.5. The van der Waals surface area contributed by atoms with Crippen molar-refractivity contribution in [3.05, 3.63) is 34.9 Å². The van der Waals surface area contributed by atoms with Crippen molar-refractivity contribution in [2.75, 3.05) is 14.2 Å². The number of ether oxygens (including phenoxy) is 2. The molecule has 128 valence electrons. The molecule has 0 N–H and O–H groups in total. The minimum atomic E-state index is -1.19. The van der Waals surface area contributed by atoms with Crippen LogP contribution in [0.3, 0.4) is 0 Å². The van der Waals surface area contributed by atoms with Crippen LogP contribution in [0.15, 0.2) is 34.9 Å². The van der Waals surface area contributed by atoms with E-state index in [9.17, 15) is 9.59 Å². The van der Waals surface area contributed by atoms with Gasteiger partial charge in [0.05, 0.1) is 14.2 Å². The first-order chi connectivity index (χ1) is 11.5. The minimum absolute atomic E-state index is 0.223. The van der Waals surface area contributed by atoms with Gasteiger partial charge in [-0.3, -0.25) is 9.59 Å². The van der Waals surface area contributed by atoms with Gasteiger partial charge in [-0.2, -0.15) is 0 Å². The SMILES string of the molecule is C=CC1=C(C2CC2)C2=C(CC13CC3)CC(C(=O)OC)(C(=O)OC)C2. The van der Waals surface area contributed by atoms with Crippen molar-refractivity contribution in [2.45, 2.75) is 44.9 Å². The van der Waals surface area contributed by atoms with E-state index in [1.165, 1.54) is 62.2 Å². The monoisotopic (exact) mass is 328 g/mol. The second kappa shape index (κ2) is 5.08. The molecule has 0 aromatic rings. The Labute approximate surface area is 142 Å². The van der Waals surface area contributed by atoms with Gasteiger partial charge in [0.1, 0.15) is 0 Å². The largest absolute Gasteiger partial charge is 0.468 e. The zero-order valence-corrected chi connectivity index (χ0v) is 14.4. The quantitative estimate of drug-likeness (QED) is 0.585. The molecular formula is C20H24O4. The molecule has 0 unspecified atom stereocenters. The summed E-state index contributed by atoms with van der Waals surface area (Å²) in [5, 5.41) is 0. The van der Waals surface area contributed by atoms with Crippen LogP contribution in [0.25, 0.3) is 0 Å². The number of carbonyl (C=O) groups is 2. The molecule has 4 heteroatoms. The Morgan fingerprint density at radius 3 is 2.17 bits per heavy atom. The number of allylic oxidation sites excluding steroid dienone is 5. The van der Waals surface area contributed by atoms with Gasteiger partial charge in [0.25, 0.3) is 0 Å². The Morgan fingerprint density at radius 2 is 1.71 bits per heavy atom. The highest BCUT2D eigenvalue weighted by Crippen LogP contribution is 2.66. The van der Waals surface area contributed by atoms with E-state index in [2.05, 4.69) is 6.58 Å². The van der Waals surface area contributed by atoms with E-state index in [4.69, 9.17) is 9.47 Å². The van der Waals surface area contributed by atoms with Crippen molar-refractivity contribution in [1.82, 2.24) is 0 Å². The van der Waals surface area contributed by atoms with Crippen LogP contribution in [0.1, 0.15) is 44.9 Å². The molecule has 2 saturated carbocycles. The van der Waals surface area contributed by atoms with Gasteiger partial charge in [-0.1, -0.05) is 18.2 Å². The highest BCUT2D eigenvalue weighted by molar-refractivity contribution is 6.01. The first kappa shape index (κ1) is 15.7. The van der Waals surface area contributed by atoms with E-state index in [-0.39, 0.29) is 5.41 Å². The third kappa shape index (κ3) is 1.98. The van der Waals surface area contributed by atoms with Crippen LogP contribution >= 0.6 is 0 Å². The molecule has 2 fully saturated rings. The minimum Gasteiger partial charge on any atom is -0.468 e. The lowest BCUT2D eigenvalue weighted by molar-refractivity contribution is -0.168. The summed E-state index contributed by atoms with van der Waals surface area (Å²) in [6.45, 7) is 4.07. The third-order valence-electron chi connectivity index (χ3n) is 6.35. The average Bonchev–Trinajstić information content (AvgIpc) is 3.50. The lowest BCUT2D eigenvalue weighted by atomic mass is 9.75. The van der Waals surface area contributed by atoms with E-state index in [1.54, 1.807) is 0 Å². The smallest absolute Gasteiger partial charge is 0.323 e. The number of carbonyl (C=O) groups excluding carboxylic acids is 2. The fraction of sp³-hybridized carbons (Fsp3) is 0.600. The maximum atomic E-state index is 12.5. The molecule has 0 atom stereocenters. The van der Waals surface area contributed by atoms with E-state index >= 15 is 0 Å². The zero-order valence-electron chi connectivity index (χ0n) is 14.4. The van der Waals surface area contributed by atoms with Gasteiger partial charge < -0.3 is 9.47 Å². The van der Waals surface area contributed by atoms with Crippen LogP contribution in [0.4, 0.5) is 0 Å². The van der Waals surface area contributed by atoms with Crippen LogP contribution in [0.2, 0.25) is 0 Å². The first-order valence-corrected chi connectivity index (χ1v) is 8.76. The normalized spacial score (nSPS) is 26.2. The molecule has 0 amide bonds. The first-order valence-electron chi connectivity index (χ1n) is 8.76. The van der Waals surface area contributed by atoms with E-state index < -0.39 is 17.4 Å². The second-order valence-corrected chi connectivity index (χ2v) is 7.76. The lowest BCUT2D eigenvalue weighted by Gasteiger charge is -2.29. The third-order valence-corrected chi connectivity index (χ3v) is 6.35.